The number of aromatic nitrogens is 1. The van der Waals surface area contributed by atoms with Gasteiger partial charge in [-0.25, -0.2) is 4.57 Å². The van der Waals surface area contributed by atoms with Crippen molar-refractivity contribution in [2.45, 2.75) is 32.9 Å². The van der Waals surface area contributed by atoms with E-state index >= 15 is 0 Å². The minimum Gasteiger partial charge on any atom is -0.396 e. The van der Waals surface area contributed by atoms with Crippen molar-refractivity contribution in [2.24, 2.45) is 12.5 Å². The third kappa shape index (κ3) is 6.33. The van der Waals surface area contributed by atoms with Crippen LogP contribution in [-0.4, -0.2) is 41.3 Å². The van der Waals surface area contributed by atoms with Gasteiger partial charge in [0.2, 0.25) is 11.8 Å². The fourth-order valence-electron chi connectivity index (χ4n) is 1.78. The summed E-state index contributed by atoms with van der Waals surface area (Å²) in [4.78, 5) is 23.5. The summed E-state index contributed by atoms with van der Waals surface area (Å²) in [6, 6.07) is 3.82. The lowest BCUT2D eigenvalue weighted by Gasteiger charge is -2.27. The molecule has 0 fully saturated rings. The van der Waals surface area contributed by atoms with Gasteiger partial charge in [0.25, 0.3) is 0 Å². The molecule has 2 amide bonds. The molecule has 128 valence electrons. The van der Waals surface area contributed by atoms with E-state index in [4.69, 9.17) is 5.11 Å². The number of nitrogens with one attached hydrogen (secondary N) is 2. The van der Waals surface area contributed by atoms with Gasteiger partial charge in [-0.3, -0.25) is 9.59 Å². The van der Waals surface area contributed by atoms with Crippen LogP contribution in [0.5, 0.6) is 0 Å². The van der Waals surface area contributed by atoms with E-state index < -0.39 is 17.4 Å². The van der Waals surface area contributed by atoms with Gasteiger partial charge in [0.15, 0.2) is 12.4 Å². The number of pyridine rings is 1. The van der Waals surface area contributed by atoms with E-state index in [-0.39, 0.29) is 25.5 Å². The lowest BCUT2D eigenvalue weighted by Crippen LogP contribution is -2.46. The van der Waals surface area contributed by atoms with Crippen LogP contribution >= 0.6 is 0 Å². The van der Waals surface area contributed by atoms with Gasteiger partial charge >= 0.3 is 0 Å². The Morgan fingerprint density at radius 2 is 1.87 bits per heavy atom. The van der Waals surface area contributed by atoms with Crippen molar-refractivity contribution < 1.29 is 24.4 Å². The van der Waals surface area contributed by atoms with Gasteiger partial charge in [-0.15, -0.1) is 0 Å². The van der Waals surface area contributed by atoms with Crippen molar-refractivity contribution in [1.29, 1.82) is 0 Å². The van der Waals surface area contributed by atoms with Crippen molar-refractivity contribution in [2.75, 3.05) is 13.2 Å². The van der Waals surface area contributed by atoms with E-state index in [1.807, 2.05) is 36.1 Å². The molecule has 23 heavy (non-hydrogen) atoms. The van der Waals surface area contributed by atoms with E-state index in [2.05, 4.69) is 10.6 Å². The maximum atomic E-state index is 11.7. The molecule has 1 atom stereocenters. The Morgan fingerprint density at radius 1 is 1.26 bits per heavy atom. The summed E-state index contributed by atoms with van der Waals surface area (Å²) in [5.74, 6) is -0.776. The molecule has 7 nitrogen and oxygen atoms in total. The zero-order chi connectivity index (χ0) is 17.5. The third-order valence-electron chi connectivity index (χ3n) is 3.58. The minimum atomic E-state index is -1.32. The number of carbonyl (C=O) groups is 2. The Balaban J connectivity index is 2.28. The molecular formula is C16H26N3O4+. The predicted molar refractivity (Wildman–Crippen MR) is 84.0 cm³/mol. The lowest BCUT2D eigenvalue weighted by molar-refractivity contribution is -0.671. The van der Waals surface area contributed by atoms with E-state index in [1.165, 1.54) is 0 Å². The molecule has 0 unspecified atom stereocenters. The number of hydrogen-bond donors (Lipinski definition) is 4. The quantitative estimate of drug-likeness (QED) is 0.461. The van der Waals surface area contributed by atoms with Gasteiger partial charge in [0.1, 0.15) is 13.2 Å². The molecule has 4 N–H and O–H groups in total. The van der Waals surface area contributed by atoms with Crippen LogP contribution in [0.25, 0.3) is 0 Å². The number of rotatable bonds is 8. The zero-order valence-corrected chi connectivity index (χ0v) is 13.9. The molecule has 0 aliphatic carbocycles. The van der Waals surface area contributed by atoms with Crippen LogP contribution in [-0.2, 0) is 23.2 Å². The average molecular weight is 324 g/mol. The summed E-state index contributed by atoms with van der Waals surface area (Å²) in [6.45, 7) is 3.42. The second-order valence-corrected chi connectivity index (χ2v) is 6.24. The SMILES string of the molecule is C[n+]1ccc(CNC(=O)CCNC(=O)[C@H](O)C(C)(C)CO)cc1. The molecule has 0 bridgehead atoms. The molecule has 0 saturated carbocycles. The zero-order valence-electron chi connectivity index (χ0n) is 13.9. The van der Waals surface area contributed by atoms with E-state index in [9.17, 15) is 14.7 Å². The van der Waals surface area contributed by atoms with Crippen molar-refractivity contribution in [3.63, 3.8) is 0 Å². The Hall–Kier alpha value is -1.99. The highest BCUT2D eigenvalue weighted by Crippen LogP contribution is 2.19. The van der Waals surface area contributed by atoms with Crippen LogP contribution in [0.1, 0.15) is 25.8 Å². The summed E-state index contributed by atoms with van der Waals surface area (Å²) in [5.41, 5.74) is 0.0658. The first-order valence-corrected chi connectivity index (χ1v) is 7.54. The number of hydrogen-bond acceptors (Lipinski definition) is 4. The molecule has 0 aromatic carbocycles. The predicted octanol–water partition coefficient (Wildman–Crippen LogP) is -0.987. The Bertz CT molecular complexity index is 529. The van der Waals surface area contributed by atoms with Gasteiger partial charge in [0, 0.05) is 37.1 Å². The van der Waals surface area contributed by atoms with Crippen LogP contribution in [0.15, 0.2) is 24.5 Å². The number of nitrogens with zero attached hydrogens (tertiary/aromatic N) is 1. The molecule has 1 aromatic heterocycles. The molecule has 0 radical (unpaired) electrons. The van der Waals surface area contributed by atoms with Crippen LogP contribution in [0.3, 0.4) is 0 Å². The first-order valence-electron chi connectivity index (χ1n) is 7.54. The monoisotopic (exact) mass is 324 g/mol. The smallest absolute Gasteiger partial charge is 0.249 e. The first-order chi connectivity index (χ1) is 10.8. The summed E-state index contributed by atoms with van der Waals surface area (Å²) in [6.07, 6.45) is 2.59. The molecular weight excluding hydrogens is 298 g/mol. The van der Waals surface area contributed by atoms with Crippen LogP contribution in [0.4, 0.5) is 0 Å². The maximum absolute atomic E-state index is 11.7. The van der Waals surface area contributed by atoms with Gasteiger partial charge in [-0.05, 0) is 5.56 Å². The fraction of sp³-hybridized carbons (Fsp3) is 0.562. The Labute approximate surface area is 136 Å². The fourth-order valence-corrected chi connectivity index (χ4v) is 1.78. The normalized spacial score (nSPS) is 12.6. The van der Waals surface area contributed by atoms with Crippen molar-refractivity contribution in [1.82, 2.24) is 10.6 Å². The molecule has 1 rings (SSSR count). The number of aliphatic hydroxyl groups excluding tert-OH is 2. The largest absolute Gasteiger partial charge is 0.396 e. The lowest BCUT2D eigenvalue weighted by atomic mass is 9.87. The van der Waals surface area contributed by atoms with E-state index in [0.717, 1.165) is 5.56 Å². The van der Waals surface area contributed by atoms with Crippen molar-refractivity contribution >= 4 is 11.8 Å². The van der Waals surface area contributed by atoms with Crippen molar-refractivity contribution in [3.05, 3.63) is 30.1 Å². The highest BCUT2D eigenvalue weighted by Gasteiger charge is 2.32. The molecule has 1 heterocycles. The first kappa shape index (κ1) is 19.1. The summed E-state index contributed by atoms with van der Waals surface area (Å²) >= 11 is 0. The van der Waals surface area contributed by atoms with Crippen LogP contribution in [0.2, 0.25) is 0 Å². The molecule has 0 aliphatic heterocycles. The summed E-state index contributed by atoms with van der Waals surface area (Å²) < 4.78 is 1.90. The topological polar surface area (TPSA) is 103 Å². The van der Waals surface area contributed by atoms with E-state index in [1.54, 1.807) is 13.8 Å². The Kier molecular flexibility index (Phi) is 7.12. The molecule has 0 aliphatic rings. The number of amides is 2. The molecule has 1 aromatic rings. The van der Waals surface area contributed by atoms with Gasteiger partial charge < -0.3 is 20.8 Å². The molecule has 7 heteroatoms. The highest BCUT2D eigenvalue weighted by atomic mass is 16.3. The van der Waals surface area contributed by atoms with Crippen LogP contribution < -0.4 is 15.2 Å². The second-order valence-electron chi connectivity index (χ2n) is 6.24. The van der Waals surface area contributed by atoms with Crippen LogP contribution in [0, 0.1) is 5.41 Å². The minimum absolute atomic E-state index is 0.124. The maximum Gasteiger partial charge on any atom is 0.249 e. The molecule has 0 spiro atoms. The van der Waals surface area contributed by atoms with Gasteiger partial charge in [-0.2, -0.15) is 0 Å². The molecule has 0 saturated heterocycles. The van der Waals surface area contributed by atoms with Gasteiger partial charge in [0.05, 0.1) is 6.61 Å². The van der Waals surface area contributed by atoms with E-state index in [0.29, 0.717) is 6.54 Å². The average Bonchev–Trinajstić information content (AvgIpc) is 2.53. The summed E-state index contributed by atoms with van der Waals surface area (Å²) in [5, 5.41) is 24.2. The number of carbonyl (C=O) groups excluding carboxylic acids is 2. The standard InChI is InChI=1S/C16H25N3O4/c1-16(2,11-20)14(22)15(23)17-7-4-13(21)18-10-12-5-8-19(3)9-6-12/h5-6,8-9,14,20,22H,4,7,10-11H2,1-3H3,(H-,17,18,21,23)/p+1/t14-/m0/s1. The Morgan fingerprint density at radius 3 is 2.43 bits per heavy atom. The van der Waals surface area contributed by atoms with Gasteiger partial charge in [-0.1, -0.05) is 13.8 Å². The number of aryl methyl sites for hydroxylation is 1. The third-order valence-corrected chi connectivity index (χ3v) is 3.58. The second kappa shape index (κ2) is 8.59. The highest BCUT2D eigenvalue weighted by molar-refractivity contribution is 5.82. The summed E-state index contributed by atoms with van der Waals surface area (Å²) in [7, 11) is 1.91. The van der Waals surface area contributed by atoms with Crippen molar-refractivity contribution in [3.8, 4) is 0 Å². The number of aliphatic hydroxyl groups is 2.